The molecule has 11 heteroatoms. The van der Waals surface area contributed by atoms with E-state index >= 15 is 0 Å². The zero-order valence-electron chi connectivity index (χ0n) is 18.5. The Morgan fingerprint density at radius 2 is 2.00 bits per heavy atom. The summed E-state index contributed by atoms with van der Waals surface area (Å²) in [5.41, 5.74) is 2.07. The second kappa shape index (κ2) is 11.1. The zero-order valence-corrected chi connectivity index (χ0v) is 19.3. The van der Waals surface area contributed by atoms with Gasteiger partial charge in [0.1, 0.15) is 11.7 Å². The van der Waals surface area contributed by atoms with Gasteiger partial charge in [0, 0.05) is 37.2 Å². The van der Waals surface area contributed by atoms with Crippen molar-refractivity contribution >= 4 is 46.3 Å². The molecule has 1 fully saturated rings. The highest BCUT2D eigenvalue weighted by molar-refractivity contribution is 6.32. The van der Waals surface area contributed by atoms with Crippen LogP contribution in [0.5, 0.6) is 0 Å². The van der Waals surface area contributed by atoms with E-state index in [0.29, 0.717) is 34.7 Å². The number of anilines is 5. The predicted molar refractivity (Wildman–Crippen MR) is 132 cm³/mol. The molecule has 3 aromatic rings. The Labute approximate surface area is 202 Å². The molecule has 3 heterocycles. The molecule has 1 aliphatic heterocycles. The molecule has 0 aliphatic carbocycles. The summed E-state index contributed by atoms with van der Waals surface area (Å²) < 4.78 is 14.5. The number of hydrogen-bond donors (Lipinski definition) is 3. The molecule has 1 saturated heterocycles. The summed E-state index contributed by atoms with van der Waals surface area (Å²) in [4.78, 5) is 22.4. The number of carbonyl (C=O) groups is 1. The van der Waals surface area contributed by atoms with Gasteiger partial charge in [0.15, 0.2) is 5.82 Å². The van der Waals surface area contributed by atoms with Gasteiger partial charge in [0.25, 0.3) is 0 Å². The number of nitrogens with zero attached hydrogens (tertiary/aromatic N) is 5. The molecular weight excluding hydrogens is 459 g/mol. The smallest absolute Gasteiger partial charge is 0.247 e. The third kappa shape index (κ3) is 6.09. The van der Waals surface area contributed by atoms with Crippen molar-refractivity contribution in [1.29, 1.82) is 0 Å². The fraction of sp³-hybridized carbons (Fsp3) is 0.304. The summed E-state index contributed by atoms with van der Waals surface area (Å²) in [5, 5.41) is 13.8. The molecule has 0 spiro atoms. The summed E-state index contributed by atoms with van der Waals surface area (Å²) in [6, 6.07) is 7.44. The summed E-state index contributed by atoms with van der Waals surface area (Å²) in [6.45, 7) is 5.37. The molecule has 0 radical (unpaired) electrons. The number of benzene rings is 1. The standard InChI is InChI=1S/C23H26ClFN8O/c1-2-21(34)28-16-4-3-5-17(12-16)29-22-20(24)14-26-23(31-22)30-18-13-27-33(15-18)19-6-9-32(10-7-19)11-8-25/h2-5,12-15,19H,1,6-11H2,(H,28,34)(H2,26,29,30,31). The van der Waals surface area contributed by atoms with Crippen LogP contribution in [-0.2, 0) is 4.79 Å². The number of aromatic nitrogens is 4. The maximum absolute atomic E-state index is 12.5. The lowest BCUT2D eigenvalue weighted by atomic mass is 10.1. The van der Waals surface area contributed by atoms with Crippen molar-refractivity contribution in [3.63, 3.8) is 0 Å². The number of alkyl halides is 1. The van der Waals surface area contributed by atoms with Gasteiger partial charge >= 0.3 is 0 Å². The van der Waals surface area contributed by atoms with Crippen LogP contribution < -0.4 is 16.0 Å². The average Bonchev–Trinajstić information content (AvgIpc) is 3.30. The molecular formula is C23H26ClFN8O. The predicted octanol–water partition coefficient (Wildman–Crippen LogP) is 4.54. The first-order chi connectivity index (χ1) is 16.5. The van der Waals surface area contributed by atoms with Gasteiger partial charge < -0.3 is 20.9 Å². The second-order valence-corrected chi connectivity index (χ2v) is 8.29. The van der Waals surface area contributed by atoms with Crippen LogP contribution in [-0.4, -0.2) is 56.9 Å². The fourth-order valence-electron chi connectivity index (χ4n) is 3.78. The lowest BCUT2D eigenvalue weighted by molar-refractivity contribution is -0.111. The minimum Gasteiger partial charge on any atom is -0.339 e. The Hall–Kier alpha value is -3.50. The number of piperidine rings is 1. The molecule has 178 valence electrons. The summed E-state index contributed by atoms with van der Waals surface area (Å²) >= 11 is 6.29. The molecule has 0 atom stereocenters. The zero-order chi connectivity index (χ0) is 23.9. The van der Waals surface area contributed by atoms with Crippen molar-refractivity contribution in [3.05, 3.63) is 60.5 Å². The molecule has 2 aromatic heterocycles. The van der Waals surface area contributed by atoms with Crippen LogP contribution in [0.15, 0.2) is 55.5 Å². The van der Waals surface area contributed by atoms with Gasteiger partial charge in [-0.2, -0.15) is 10.1 Å². The highest BCUT2D eigenvalue weighted by atomic mass is 35.5. The minimum atomic E-state index is -0.310. The third-order valence-corrected chi connectivity index (χ3v) is 5.79. The molecule has 1 amide bonds. The number of nitrogens with one attached hydrogen (secondary N) is 3. The van der Waals surface area contributed by atoms with Gasteiger partial charge in [-0.1, -0.05) is 24.2 Å². The van der Waals surface area contributed by atoms with Gasteiger partial charge in [-0.3, -0.25) is 9.48 Å². The Bertz CT molecular complexity index is 1150. The molecule has 3 N–H and O–H groups in total. The third-order valence-electron chi connectivity index (χ3n) is 5.51. The van der Waals surface area contributed by atoms with Crippen molar-refractivity contribution in [3.8, 4) is 0 Å². The van der Waals surface area contributed by atoms with E-state index in [2.05, 4.69) is 42.5 Å². The quantitative estimate of drug-likeness (QED) is 0.383. The van der Waals surface area contributed by atoms with Gasteiger partial charge in [0.05, 0.1) is 24.1 Å². The maximum atomic E-state index is 12.5. The normalized spacial score (nSPS) is 14.5. The van der Waals surface area contributed by atoms with Crippen molar-refractivity contribution in [2.45, 2.75) is 18.9 Å². The lowest BCUT2D eigenvalue weighted by Crippen LogP contribution is -2.36. The molecule has 9 nitrogen and oxygen atoms in total. The number of amides is 1. The first kappa shape index (κ1) is 23.7. The Morgan fingerprint density at radius 1 is 1.21 bits per heavy atom. The lowest BCUT2D eigenvalue weighted by Gasteiger charge is -2.31. The molecule has 1 aromatic carbocycles. The molecule has 0 bridgehead atoms. The van der Waals surface area contributed by atoms with E-state index in [1.165, 1.54) is 12.3 Å². The van der Waals surface area contributed by atoms with Crippen LogP contribution in [0.1, 0.15) is 18.9 Å². The first-order valence-electron chi connectivity index (χ1n) is 11.0. The number of carbonyl (C=O) groups excluding carboxylic acids is 1. The summed E-state index contributed by atoms with van der Waals surface area (Å²) in [5.74, 6) is 0.480. The van der Waals surface area contributed by atoms with Crippen LogP contribution >= 0.6 is 11.6 Å². The van der Waals surface area contributed by atoms with E-state index < -0.39 is 0 Å². The molecule has 0 saturated carbocycles. The number of rotatable bonds is 9. The topological polar surface area (TPSA) is 100 Å². The fourth-order valence-corrected chi connectivity index (χ4v) is 3.92. The Kier molecular flexibility index (Phi) is 7.71. The Morgan fingerprint density at radius 3 is 2.76 bits per heavy atom. The van der Waals surface area contributed by atoms with E-state index in [-0.39, 0.29) is 18.6 Å². The minimum absolute atomic E-state index is 0.281. The number of hydrogen-bond acceptors (Lipinski definition) is 7. The van der Waals surface area contributed by atoms with Crippen molar-refractivity contribution < 1.29 is 9.18 Å². The van der Waals surface area contributed by atoms with Gasteiger partial charge in [0.2, 0.25) is 11.9 Å². The van der Waals surface area contributed by atoms with E-state index in [4.69, 9.17) is 11.6 Å². The summed E-state index contributed by atoms with van der Waals surface area (Å²) in [6.07, 6.45) is 8.22. The second-order valence-electron chi connectivity index (χ2n) is 7.89. The van der Waals surface area contributed by atoms with Crippen molar-refractivity contribution in [1.82, 2.24) is 24.6 Å². The van der Waals surface area contributed by atoms with E-state index in [1.807, 2.05) is 16.9 Å². The van der Waals surface area contributed by atoms with Gasteiger partial charge in [-0.15, -0.1) is 0 Å². The monoisotopic (exact) mass is 484 g/mol. The molecule has 0 unspecified atom stereocenters. The molecule has 34 heavy (non-hydrogen) atoms. The largest absolute Gasteiger partial charge is 0.339 e. The van der Waals surface area contributed by atoms with Gasteiger partial charge in [-0.05, 0) is 37.1 Å². The maximum Gasteiger partial charge on any atom is 0.247 e. The van der Waals surface area contributed by atoms with E-state index in [0.717, 1.165) is 31.6 Å². The van der Waals surface area contributed by atoms with Crippen molar-refractivity contribution in [2.24, 2.45) is 0 Å². The van der Waals surface area contributed by atoms with Crippen LogP contribution in [0.2, 0.25) is 5.02 Å². The number of likely N-dealkylation sites (tertiary alicyclic amines) is 1. The molecule has 1 aliphatic rings. The van der Waals surface area contributed by atoms with Crippen molar-refractivity contribution in [2.75, 3.05) is 42.3 Å². The van der Waals surface area contributed by atoms with Crippen LogP contribution in [0, 0.1) is 0 Å². The van der Waals surface area contributed by atoms with Gasteiger partial charge in [-0.25, -0.2) is 9.37 Å². The van der Waals surface area contributed by atoms with Crippen LogP contribution in [0.25, 0.3) is 0 Å². The number of halogens is 2. The van der Waals surface area contributed by atoms with Crippen LogP contribution in [0.3, 0.4) is 0 Å². The average molecular weight is 485 g/mol. The Balaban J connectivity index is 1.41. The van der Waals surface area contributed by atoms with Crippen LogP contribution in [0.4, 0.5) is 33.2 Å². The first-order valence-corrected chi connectivity index (χ1v) is 11.3. The highest BCUT2D eigenvalue weighted by Gasteiger charge is 2.21. The molecule has 4 rings (SSSR count). The summed E-state index contributed by atoms with van der Waals surface area (Å²) in [7, 11) is 0. The van der Waals surface area contributed by atoms with E-state index in [9.17, 15) is 9.18 Å². The highest BCUT2D eigenvalue weighted by Crippen LogP contribution is 2.27. The SMILES string of the molecule is C=CC(=O)Nc1cccc(Nc2nc(Nc3cnn(C4CCN(CCF)CC4)c3)ncc2Cl)c1. The van der Waals surface area contributed by atoms with E-state index in [1.54, 1.807) is 24.4 Å².